The van der Waals surface area contributed by atoms with E-state index in [4.69, 9.17) is 9.84 Å². The molecule has 64 valence electrons. The lowest BCUT2D eigenvalue weighted by Crippen LogP contribution is -2.54. The molecular weight excluding hydrogens is 146 g/mol. The summed E-state index contributed by atoms with van der Waals surface area (Å²) in [5.41, 5.74) is -0.00160. The first-order valence-corrected chi connectivity index (χ1v) is 3.62. The molecule has 1 atom stereocenters. The molecule has 1 rings (SSSR count). The molecule has 0 spiro atoms. The van der Waals surface area contributed by atoms with Crippen LogP contribution in [0.2, 0.25) is 0 Å². The van der Waals surface area contributed by atoms with Gasteiger partial charge in [-0.15, -0.1) is 0 Å². The quantitative estimate of drug-likeness (QED) is 0.622. The van der Waals surface area contributed by atoms with Crippen LogP contribution < -0.4 is 5.32 Å². The summed E-state index contributed by atoms with van der Waals surface area (Å²) in [5.74, 6) is 0. The van der Waals surface area contributed by atoms with Crippen molar-refractivity contribution in [2.75, 3.05) is 13.2 Å². The van der Waals surface area contributed by atoms with Crippen molar-refractivity contribution in [3.05, 3.63) is 0 Å². The third-order valence-electron chi connectivity index (χ3n) is 2.25. The fourth-order valence-electron chi connectivity index (χ4n) is 1.03. The number of hydrogen-bond donors (Lipinski definition) is 2. The topological polar surface area (TPSA) is 58.6 Å². The largest absolute Gasteiger partial charge is 0.465 e. The molecule has 1 saturated heterocycles. The molecule has 1 unspecified atom stereocenters. The van der Waals surface area contributed by atoms with Gasteiger partial charge < -0.3 is 15.2 Å². The second kappa shape index (κ2) is 2.70. The number of hydrogen-bond acceptors (Lipinski definition) is 2. The van der Waals surface area contributed by atoms with Crippen LogP contribution in [0.1, 0.15) is 13.8 Å². The summed E-state index contributed by atoms with van der Waals surface area (Å²) < 4.78 is 5.01. The third-order valence-corrected chi connectivity index (χ3v) is 2.25. The second-order valence-electron chi connectivity index (χ2n) is 3.32. The van der Waals surface area contributed by atoms with Gasteiger partial charge in [-0.25, -0.2) is 4.79 Å². The SMILES string of the molecule is CC(NC(=O)O)C1(C)COC1. The maximum Gasteiger partial charge on any atom is 0.404 e. The molecule has 0 aromatic carbocycles. The Bertz CT molecular complexity index is 165. The van der Waals surface area contributed by atoms with E-state index < -0.39 is 6.09 Å². The van der Waals surface area contributed by atoms with Crippen LogP contribution in [0.5, 0.6) is 0 Å². The van der Waals surface area contributed by atoms with Crippen LogP contribution in [0, 0.1) is 5.41 Å². The van der Waals surface area contributed by atoms with Crippen molar-refractivity contribution >= 4 is 6.09 Å². The van der Waals surface area contributed by atoms with Gasteiger partial charge in [-0.2, -0.15) is 0 Å². The zero-order valence-electron chi connectivity index (χ0n) is 6.76. The van der Waals surface area contributed by atoms with E-state index in [0.717, 1.165) is 0 Å². The van der Waals surface area contributed by atoms with Crippen molar-refractivity contribution in [1.29, 1.82) is 0 Å². The lowest BCUT2D eigenvalue weighted by Gasteiger charge is -2.42. The van der Waals surface area contributed by atoms with Gasteiger partial charge in [-0.05, 0) is 6.92 Å². The second-order valence-corrected chi connectivity index (χ2v) is 3.32. The molecule has 1 aliphatic rings. The van der Waals surface area contributed by atoms with Crippen LogP contribution >= 0.6 is 0 Å². The number of amides is 1. The molecule has 0 aliphatic carbocycles. The highest BCUT2D eigenvalue weighted by Gasteiger charge is 2.39. The first-order valence-electron chi connectivity index (χ1n) is 3.62. The number of ether oxygens (including phenoxy) is 1. The minimum atomic E-state index is -0.967. The highest BCUT2D eigenvalue weighted by molar-refractivity contribution is 5.64. The van der Waals surface area contributed by atoms with E-state index >= 15 is 0 Å². The van der Waals surface area contributed by atoms with Gasteiger partial charge in [0, 0.05) is 11.5 Å². The smallest absolute Gasteiger partial charge is 0.404 e. The average molecular weight is 159 g/mol. The summed E-state index contributed by atoms with van der Waals surface area (Å²) in [6.07, 6.45) is -0.967. The Morgan fingerprint density at radius 1 is 1.73 bits per heavy atom. The molecule has 1 aliphatic heterocycles. The van der Waals surface area contributed by atoms with Crippen LogP contribution in [0.4, 0.5) is 4.79 Å². The molecule has 1 fully saturated rings. The lowest BCUT2D eigenvalue weighted by molar-refractivity contribution is -0.116. The molecule has 0 aromatic heterocycles. The van der Waals surface area contributed by atoms with Crippen LogP contribution in [0.3, 0.4) is 0 Å². The first-order chi connectivity index (χ1) is 5.04. The number of carbonyl (C=O) groups is 1. The molecule has 11 heavy (non-hydrogen) atoms. The number of nitrogens with one attached hydrogen (secondary N) is 1. The fraction of sp³-hybridized carbons (Fsp3) is 0.857. The van der Waals surface area contributed by atoms with E-state index in [1.54, 1.807) is 0 Å². The molecule has 0 saturated carbocycles. The first kappa shape index (κ1) is 8.33. The highest BCUT2D eigenvalue weighted by atomic mass is 16.5. The van der Waals surface area contributed by atoms with Crippen LogP contribution in [0.25, 0.3) is 0 Å². The lowest BCUT2D eigenvalue weighted by atomic mass is 9.81. The summed E-state index contributed by atoms with van der Waals surface area (Å²) >= 11 is 0. The number of rotatable bonds is 2. The summed E-state index contributed by atoms with van der Waals surface area (Å²) in [7, 11) is 0. The molecule has 1 heterocycles. The van der Waals surface area contributed by atoms with Gasteiger partial charge in [0.2, 0.25) is 0 Å². The van der Waals surface area contributed by atoms with Crippen molar-refractivity contribution in [1.82, 2.24) is 5.32 Å². The van der Waals surface area contributed by atoms with Gasteiger partial charge in [0.15, 0.2) is 0 Å². The standard InChI is InChI=1S/C7H13NO3/c1-5(8-6(9)10)7(2)3-11-4-7/h5,8H,3-4H2,1-2H3,(H,9,10). The molecule has 4 heteroatoms. The van der Waals surface area contributed by atoms with Crippen molar-refractivity contribution in [2.24, 2.45) is 5.41 Å². The fourth-order valence-corrected chi connectivity index (χ4v) is 1.03. The zero-order chi connectivity index (χ0) is 8.48. The Morgan fingerprint density at radius 2 is 2.27 bits per heavy atom. The Kier molecular flexibility index (Phi) is 2.04. The predicted octanol–water partition coefficient (Wildman–Crippen LogP) is 0.679. The minimum Gasteiger partial charge on any atom is -0.465 e. The predicted molar refractivity (Wildman–Crippen MR) is 39.5 cm³/mol. The summed E-state index contributed by atoms with van der Waals surface area (Å²) in [6, 6.07) is -0.0336. The van der Waals surface area contributed by atoms with E-state index in [2.05, 4.69) is 5.32 Å². The summed E-state index contributed by atoms with van der Waals surface area (Å²) in [6.45, 7) is 5.16. The van der Waals surface area contributed by atoms with E-state index in [9.17, 15) is 4.79 Å². The molecule has 0 bridgehead atoms. The minimum absolute atomic E-state index is 0.00160. The Morgan fingerprint density at radius 3 is 2.55 bits per heavy atom. The summed E-state index contributed by atoms with van der Waals surface area (Å²) in [5, 5.41) is 10.8. The maximum atomic E-state index is 10.2. The van der Waals surface area contributed by atoms with Crippen molar-refractivity contribution in [3.63, 3.8) is 0 Å². The molecule has 0 radical (unpaired) electrons. The van der Waals surface area contributed by atoms with Crippen LogP contribution in [-0.4, -0.2) is 30.5 Å². The van der Waals surface area contributed by atoms with Gasteiger partial charge in [-0.3, -0.25) is 0 Å². The van der Waals surface area contributed by atoms with Gasteiger partial charge in [-0.1, -0.05) is 6.92 Å². The average Bonchev–Trinajstić information content (AvgIpc) is 1.81. The molecular formula is C7H13NO3. The van der Waals surface area contributed by atoms with E-state index in [-0.39, 0.29) is 11.5 Å². The Hall–Kier alpha value is -0.770. The van der Waals surface area contributed by atoms with E-state index in [1.165, 1.54) is 0 Å². The van der Waals surface area contributed by atoms with Crippen molar-refractivity contribution in [2.45, 2.75) is 19.9 Å². The van der Waals surface area contributed by atoms with Gasteiger partial charge in [0.05, 0.1) is 13.2 Å². The normalized spacial score (nSPS) is 23.5. The Labute approximate surface area is 65.5 Å². The third kappa shape index (κ3) is 1.63. The zero-order valence-corrected chi connectivity index (χ0v) is 6.76. The van der Waals surface area contributed by atoms with E-state index in [0.29, 0.717) is 13.2 Å². The monoisotopic (exact) mass is 159 g/mol. The van der Waals surface area contributed by atoms with Gasteiger partial charge in [0.25, 0.3) is 0 Å². The Balaban J connectivity index is 2.40. The number of carboxylic acid groups (broad SMARTS) is 1. The molecule has 1 amide bonds. The molecule has 2 N–H and O–H groups in total. The van der Waals surface area contributed by atoms with Gasteiger partial charge in [0.1, 0.15) is 0 Å². The van der Waals surface area contributed by atoms with Crippen molar-refractivity contribution in [3.8, 4) is 0 Å². The van der Waals surface area contributed by atoms with E-state index in [1.807, 2.05) is 13.8 Å². The van der Waals surface area contributed by atoms with Crippen LogP contribution in [0.15, 0.2) is 0 Å². The van der Waals surface area contributed by atoms with Crippen LogP contribution in [-0.2, 0) is 4.74 Å². The van der Waals surface area contributed by atoms with Gasteiger partial charge >= 0.3 is 6.09 Å². The molecule has 0 aromatic rings. The maximum absolute atomic E-state index is 10.2. The summed E-state index contributed by atoms with van der Waals surface area (Å²) in [4.78, 5) is 10.2. The highest BCUT2D eigenvalue weighted by Crippen LogP contribution is 2.30. The van der Waals surface area contributed by atoms with Crippen molar-refractivity contribution < 1.29 is 14.6 Å². The molecule has 4 nitrogen and oxygen atoms in total.